The van der Waals surface area contributed by atoms with E-state index in [1.807, 2.05) is 61.9 Å². The van der Waals surface area contributed by atoms with Crippen molar-refractivity contribution in [1.29, 1.82) is 0 Å². The molecule has 122 valence electrons. The van der Waals surface area contributed by atoms with Gasteiger partial charge in [-0.25, -0.2) is 4.79 Å². The lowest BCUT2D eigenvalue weighted by molar-refractivity contribution is 0.0476. The Hall–Kier alpha value is -2.88. The van der Waals surface area contributed by atoms with Crippen LogP contribution in [-0.2, 0) is 11.8 Å². The van der Waals surface area contributed by atoms with E-state index in [2.05, 4.69) is 0 Å². The van der Waals surface area contributed by atoms with Gasteiger partial charge in [0.15, 0.2) is 12.4 Å². The molecule has 0 spiro atoms. The van der Waals surface area contributed by atoms with Gasteiger partial charge in [0, 0.05) is 29.7 Å². The molecule has 0 aliphatic heterocycles. The number of aromatic nitrogens is 1. The van der Waals surface area contributed by atoms with Crippen molar-refractivity contribution in [3.8, 4) is 0 Å². The van der Waals surface area contributed by atoms with Crippen molar-refractivity contribution >= 4 is 22.7 Å². The third kappa shape index (κ3) is 2.95. The summed E-state index contributed by atoms with van der Waals surface area (Å²) in [6.07, 6.45) is 1.73. The van der Waals surface area contributed by atoms with E-state index < -0.39 is 5.97 Å². The standard InChI is InChI=1S/C20H19NO3/c1-13-8-9-15(10-14(13)2)19(22)12-24-20(23)17-11-21(3)18-7-5-4-6-16(17)18/h4-11H,12H2,1-3H3. The molecule has 0 aliphatic carbocycles. The summed E-state index contributed by atoms with van der Waals surface area (Å²) in [4.78, 5) is 24.6. The van der Waals surface area contributed by atoms with Gasteiger partial charge < -0.3 is 9.30 Å². The molecule has 2 aromatic carbocycles. The van der Waals surface area contributed by atoms with Crippen LogP contribution in [0.15, 0.2) is 48.7 Å². The summed E-state index contributed by atoms with van der Waals surface area (Å²) in [5.74, 6) is -0.685. The topological polar surface area (TPSA) is 48.3 Å². The molecule has 0 aliphatic rings. The van der Waals surface area contributed by atoms with Crippen molar-refractivity contribution in [3.05, 3.63) is 70.9 Å². The molecule has 1 heterocycles. The van der Waals surface area contributed by atoms with Gasteiger partial charge in [0.25, 0.3) is 0 Å². The van der Waals surface area contributed by atoms with Crippen molar-refractivity contribution in [3.63, 3.8) is 0 Å². The summed E-state index contributed by atoms with van der Waals surface area (Å²) in [6.45, 7) is 3.68. The molecule has 0 radical (unpaired) electrons. The molecule has 0 amide bonds. The molecule has 3 rings (SSSR count). The molecular formula is C20H19NO3. The van der Waals surface area contributed by atoms with E-state index >= 15 is 0 Å². The smallest absolute Gasteiger partial charge is 0.340 e. The summed E-state index contributed by atoms with van der Waals surface area (Å²) >= 11 is 0. The van der Waals surface area contributed by atoms with Crippen LogP contribution in [0, 0.1) is 13.8 Å². The number of nitrogens with zero attached hydrogens (tertiary/aromatic N) is 1. The van der Waals surface area contributed by atoms with E-state index in [-0.39, 0.29) is 12.4 Å². The second-order valence-corrected chi connectivity index (χ2v) is 5.97. The van der Waals surface area contributed by atoms with Gasteiger partial charge in [-0.3, -0.25) is 4.79 Å². The minimum Gasteiger partial charge on any atom is -0.454 e. The third-order valence-electron chi connectivity index (χ3n) is 4.28. The Bertz CT molecular complexity index is 937. The number of fused-ring (bicyclic) bond motifs is 1. The van der Waals surface area contributed by atoms with Gasteiger partial charge in [0.1, 0.15) is 0 Å². The van der Waals surface area contributed by atoms with E-state index in [0.717, 1.165) is 22.0 Å². The molecule has 0 N–H and O–H groups in total. The summed E-state index contributed by atoms with van der Waals surface area (Å²) in [5.41, 5.74) is 4.15. The first-order chi connectivity index (χ1) is 11.5. The maximum Gasteiger partial charge on any atom is 0.340 e. The Morgan fingerprint density at radius 1 is 1.04 bits per heavy atom. The maximum absolute atomic E-state index is 12.3. The second kappa shape index (κ2) is 6.32. The number of carbonyl (C=O) groups excluding carboxylic acids is 2. The van der Waals surface area contributed by atoms with Crippen molar-refractivity contribution in [2.75, 3.05) is 6.61 Å². The third-order valence-corrected chi connectivity index (χ3v) is 4.28. The van der Waals surface area contributed by atoms with Crippen molar-refractivity contribution < 1.29 is 14.3 Å². The average molecular weight is 321 g/mol. The zero-order valence-corrected chi connectivity index (χ0v) is 14.0. The van der Waals surface area contributed by atoms with Crippen LogP contribution in [0.2, 0.25) is 0 Å². The monoisotopic (exact) mass is 321 g/mol. The number of rotatable bonds is 4. The number of para-hydroxylation sites is 1. The fourth-order valence-corrected chi connectivity index (χ4v) is 2.71. The molecule has 0 atom stereocenters. The molecule has 0 saturated heterocycles. The Kier molecular flexibility index (Phi) is 4.21. The molecular weight excluding hydrogens is 302 g/mol. The van der Waals surface area contributed by atoms with Crippen molar-refractivity contribution in [2.45, 2.75) is 13.8 Å². The zero-order chi connectivity index (χ0) is 17.3. The van der Waals surface area contributed by atoms with Crippen LogP contribution in [0.25, 0.3) is 10.9 Å². The number of hydrogen-bond donors (Lipinski definition) is 0. The molecule has 3 aromatic rings. The van der Waals surface area contributed by atoms with Crippen LogP contribution in [-0.4, -0.2) is 22.9 Å². The predicted molar refractivity (Wildman–Crippen MR) is 93.4 cm³/mol. The van der Waals surface area contributed by atoms with Crippen LogP contribution in [0.5, 0.6) is 0 Å². The highest BCUT2D eigenvalue weighted by Crippen LogP contribution is 2.21. The molecule has 0 fully saturated rings. The lowest BCUT2D eigenvalue weighted by atomic mass is 10.0. The Balaban J connectivity index is 1.75. The highest BCUT2D eigenvalue weighted by molar-refractivity contribution is 6.05. The van der Waals surface area contributed by atoms with Gasteiger partial charge in [0.05, 0.1) is 5.56 Å². The first-order valence-electron chi connectivity index (χ1n) is 7.79. The van der Waals surface area contributed by atoms with Crippen molar-refractivity contribution in [2.24, 2.45) is 7.05 Å². The normalized spacial score (nSPS) is 10.8. The summed E-state index contributed by atoms with van der Waals surface area (Å²) in [6, 6.07) is 13.1. The minimum absolute atomic E-state index is 0.202. The maximum atomic E-state index is 12.3. The molecule has 24 heavy (non-hydrogen) atoms. The van der Waals surface area contributed by atoms with E-state index in [1.165, 1.54) is 0 Å². The van der Waals surface area contributed by atoms with Gasteiger partial charge in [-0.2, -0.15) is 0 Å². The molecule has 1 aromatic heterocycles. The first-order valence-corrected chi connectivity index (χ1v) is 7.79. The number of carbonyl (C=O) groups is 2. The fraction of sp³-hybridized carbons (Fsp3) is 0.200. The van der Waals surface area contributed by atoms with Gasteiger partial charge in [-0.1, -0.05) is 30.3 Å². The van der Waals surface area contributed by atoms with E-state index in [1.54, 1.807) is 12.3 Å². The Morgan fingerprint density at radius 2 is 1.79 bits per heavy atom. The Labute approximate surface area is 140 Å². The van der Waals surface area contributed by atoms with Crippen molar-refractivity contribution in [1.82, 2.24) is 4.57 Å². The lowest BCUT2D eigenvalue weighted by Crippen LogP contribution is -2.14. The van der Waals surface area contributed by atoms with E-state index in [9.17, 15) is 9.59 Å². The SMILES string of the molecule is Cc1ccc(C(=O)COC(=O)c2cn(C)c3ccccc23)cc1C. The quantitative estimate of drug-likeness (QED) is 0.542. The van der Waals surface area contributed by atoms with Gasteiger partial charge in [0.2, 0.25) is 0 Å². The van der Waals surface area contributed by atoms with Crippen LogP contribution < -0.4 is 0 Å². The Morgan fingerprint density at radius 3 is 2.54 bits per heavy atom. The predicted octanol–water partition coefficient (Wildman–Crippen LogP) is 3.83. The highest BCUT2D eigenvalue weighted by atomic mass is 16.5. The van der Waals surface area contributed by atoms with Gasteiger partial charge in [-0.05, 0) is 37.1 Å². The van der Waals surface area contributed by atoms with Crippen LogP contribution in [0.1, 0.15) is 31.8 Å². The molecule has 0 unspecified atom stereocenters. The van der Waals surface area contributed by atoms with Gasteiger partial charge >= 0.3 is 5.97 Å². The van der Waals surface area contributed by atoms with Crippen LogP contribution in [0.4, 0.5) is 0 Å². The summed E-state index contributed by atoms with van der Waals surface area (Å²) in [7, 11) is 1.87. The number of ether oxygens (including phenoxy) is 1. The summed E-state index contributed by atoms with van der Waals surface area (Å²) in [5, 5.41) is 0.823. The number of hydrogen-bond acceptors (Lipinski definition) is 3. The summed E-state index contributed by atoms with van der Waals surface area (Å²) < 4.78 is 7.11. The van der Waals surface area contributed by atoms with E-state index in [4.69, 9.17) is 4.74 Å². The second-order valence-electron chi connectivity index (χ2n) is 5.97. The number of esters is 1. The van der Waals surface area contributed by atoms with E-state index in [0.29, 0.717) is 11.1 Å². The highest BCUT2D eigenvalue weighted by Gasteiger charge is 2.17. The number of Topliss-reactive ketones (excluding diaryl/α,β-unsaturated/α-hetero) is 1. The number of benzene rings is 2. The zero-order valence-electron chi connectivity index (χ0n) is 14.0. The molecule has 4 heteroatoms. The fourth-order valence-electron chi connectivity index (χ4n) is 2.71. The largest absolute Gasteiger partial charge is 0.454 e. The average Bonchev–Trinajstić information content (AvgIpc) is 2.92. The van der Waals surface area contributed by atoms with Gasteiger partial charge in [-0.15, -0.1) is 0 Å². The number of aryl methyl sites for hydroxylation is 3. The minimum atomic E-state index is -0.482. The van der Waals surface area contributed by atoms with Crippen LogP contribution >= 0.6 is 0 Å². The first kappa shape index (κ1) is 16.0. The molecule has 0 saturated carbocycles. The van der Waals surface area contributed by atoms with Crippen LogP contribution in [0.3, 0.4) is 0 Å². The lowest BCUT2D eigenvalue weighted by Gasteiger charge is -2.06. The molecule has 0 bridgehead atoms. The number of ketones is 1. The molecule has 4 nitrogen and oxygen atoms in total.